The van der Waals surface area contributed by atoms with Crippen molar-refractivity contribution in [3.05, 3.63) is 0 Å². The summed E-state index contributed by atoms with van der Waals surface area (Å²) in [6.07, 6.45) is 8.72. The largest absolute Gasteiger partial charge is 0.325 e. The van der Waals surface area contributed by atoms with E-state index in [1.807, 2.05) is 4.90 Å². The van der Waals surface area contributed by atoms with Crippen molar-refractivity contribution in [1.82, 2.24) is 9.80 Å². The van der Waals surface area contributed by atoms with E-state index in [9.17, 15) is 4.79 Å². The molecule has 0 atom stereocenters. The fourth-order valence-electron chi connectivity index (χ4n) is 2.55. The van der Waals surface area contributed by atoms with Crippen LogP contribution in [0.2, 0.25) is 0 Å². The maximum absolute atomic E-state index is 12.1. The Kier molecular flexibility index (Phi) is 3.87. The molecule has 15 heavy (non-hydrogen) atoms. The molecule has 0 aromatic heterocycles. The average Bonchev–Trinajstić information content (AvgIpc) is 2.68. The van der Waals surface area contributed by atoms with Gasteiger partial charge in [-0.1, -0.05) is 19.3 Å². The van der Waals surface area contributed by atoms with Crippen molar-refractivity contribution in [1.29, 1.82) is 0 Å². The first kappa shape index (κ1) is 10.8. The van der Waals surface area contributed by atoms with Crippen LogP contribution >= 0.6 is 0 Å². The monoisotopic (exact) mass is 210 g/mol. The Balaban J connectivity index is 1.85. The van der Waals surface area contributed by atoms with Gasteiger partial charge in [0.2, 0.25) is 0 Å². The molecule has 2 aliphatic heterocycles. The number of urea groups is 1. The van der Waals surface area contributed by atoms with Gasteiger partial charge < -0.3 is 9.80 Å². The molecule has 0 unspecified atom stereocenters. The molecule has 0 saturated carbocycles. The lowest BCUT2D eigenvalue weighted by molar-refractivity contribution is 0.158. The molecule has 0 N–H and O–H groups in total. The third kappa shape index (κ3) is 2.86. The molecular formula is C12H22N2O. The zero-order valence-electron chi connectivity index (χ0n) is 9.58. The predicted octanol–water partition coefficient (Wildman–Crippen LogP) is 2.47. The zero-order valence-corrected chi connectivity index (χ0v) is 9.58. The van der Waals surface area contributed by atoms with E-state index >= 15 is 0 Å². The molecule has 0 bridgehead atoms. The topological polar surface area (TPSA) is 23.6 Å². The number of carbonyl (C=O) groups is 1. The summed E-state index contributed by atoms with van der Waals surface area (Å²) in [5.41, 5.74) is 0. The molecule has 0 aromatic carbocycles. The Morgan fingerprint density at radius 3 is 1.40 bits per heavy atom. The van der Waals surface area contributed by atoms with Gasteiger partial charge in [-0.05, 0) is 25.7 Å². The highest BCUT2D eigenvalue weighted by Crippen LogP contribution is 2.15. The molecule has 2 rings (SSSR count). The predicted molar refractivity (Wildman–Crippen MR) is 60.9 cm³/mol. The maximum atomic E-state index is 12.1. The Morgan fingerprint density at radius 2 is 0.933 bits per heavy atom. The second kappa shape index (κ2) is 5.38. The Bertz CT molecular complexity index is 204. The SMILES string of the molecule is O=C(N1CCCCCCC1)N1CCCC1. The smallest absolute Gasteiger partial charge is 0.319 e. The fraction of sp³-hybridized carbons (Fsp3) is 0.917. The maximum Gasteiger partial charge on any atom is 0.319 e. The van der Waals surface area contributed by atoms with Gasteiger partial charge in [0.1, 0.15) is 0 Å². The standard InChI is InChI=1S/C12H22N2O/c15-12(14-10-6-7-11-14)13-8-4-2-1-3-5-9-13/h1-11H2. The molecule has 3 heteroatoms. The van der Waals surface area contributed by atoms with Gasteiger partial charge in [-0.3, -0.25) is 0 Å². The summed E-state index contributed by atoms with van der Waals surface area (Å²) in [4.78, 5) is 16.2. The number of likely N-dealkylation sites (tertiary alicyclic amines) is 2. The van der Waals surface area contributed by atoms with Crippen molar-refractivity contribution in [3.63, 3.8) is 0 Å². The molecule has 0 aliphatic carbocycles. The van der Waals surface area contributed by atoms with E-state index in [2.05, 4.69) is 4.90 Å². The highest BCUT2D eigenvalue weighted by Gasteiger charge is 2.23. The van der Waals surface area contributed by atoms with E-state index < -0.39 is 0 Å². The van der Waals surface area contributed by atoms with E-state index in [0.717, 1.165) is 26.2 Å². The number of carbonyl (C=O) groups excluding carboxylic acids is 1. The van der Waals surface area contributed by atoms with Gasteiger partial charge in [0.25, 0.3) is 0 Å². The second-order valence-corrected chi connectivity index (χ2v) is 4.73. The van der Waals surface area contributed by atoms with Crippen LogP contribution in [0.15, 0.2) is 0 Å². The van der Waals surface area contributed by atoms with Gasteiger partial charge in [0.15, 0.2) is 0 Å². The van der Waals surface area contributed by atoms with Gasteiger partial charge in [0, 0.05) is 26.2 Å². The lowest BCUT2D eigenvalue weighted by Crippen LogP contribution is -2.43. The normalized spacial score (nSPS) is 23.7. The number of rotatable bonds is 0. The van der Waals surface area contributed by atoms with Crippen molar-refractivity contribution >= 4 is 6.03 Å². The Morgan fingerprint density at radius 1 is 0.600 bits per heavy atom. The number of nitrogens with zero attached hydrogens (tertiary/aromatic N) is 2. The van der Waals surface area contributed by atoms with Crippen LogP contribution < -0.4 is 0 Å². The molecule has 2 aliphatic rings. The average molecular weight is 210 g/mol. The lowest BCUT2D eigenvalue weighted by atomic mass is 10.1. The summed E-state index contributed by atoms with van der Waals surface area (Å²) < 4.78 is 0. The Labute approximate surface area is 92.4 Å². The minimum Gasteiger partial charge on any atom is -0.325 e. The first-order valence-electron chi connectivity index (χ1n) is 6.42. The molecule has 2 fully saturated rings. The third-order valence-electron chi connectivity index (χ3n) is 3.50. The van der Waals surface area contributed by atoms with E-state index in [-0.39, 0.29) is 0 Å². The Hall–Kier alpha value is -0.730. The van der Waals surface area contributed by atoms with Crippen LogP contribution in [0, 0.1) is 0 Å². The van der Waals surface area contributed by atoms with Crippen LogP contribution in [-0.4, -0.2) is 42.0 Å². The van der Waals surface area contributed by atoms with Crippen molar-refractivity contribution < 1.29 is 4.79 Å². The molecule has 2 saturated heterocycles. The van der Waals surface area contributed by atoms with E-state index in [1.165, 1.54) is 44.9 Å². The van der Waals surface area contributed by atoms with Crippen molar-refractivity contribution in [2.45, 2.75) is 44.9 Å². The third-order valence-corrected chi connectivity index (χ3v) is 3.50. The molecule has 86 valence electrons. The summed E-state index contributed by atoms with van der Waals surface area (Å²) in [6.45, 7) is 3.93. The number of hydrogen-bond acceptors (Lipinski definition) is 1. The van der Waals surface area contributed by atoms with Crippen LogP contribution in [-0.2, 0) is 0 Å². The van der Waals surface area contributed by atoms with Gasteiger partial charge in [-0.25, -0.2) is 4.79 Å². The van der Waals surface area contributed by atoms with Crippen molar-refractivity contribution in [3.8, 4) is 0 Å². The van der Waals surface area contributed by atoms with Crippen molar-refractivity contribution in [2.24, 2.45) is 0 Å². The first-order valence-corrected chi connectivity index (χ1v) is 6.42. The van der Waals surface area contributed by atoms with E-state index in [4.69, 9.17) is 0 Å². The summed E-state index contributed by atoms with van der Waals surface area (Å²) >= 11 is 0. The van der Waals surface area contributed by atoms with Crippen LogP contribution in [0.5, 0.6) is 0 Å². The zero-order chi connectivity index (χ0) is 10.5. The quantitative estimate of drug-likeness (QED) is 0.602. The minimum atomic E-state index is 0.300. The van der Waals surface area contributed by atoms with E-state index in [1.54, 1.807) is 0 Å². The summed E-state index contributed by atoms with van der Waals surface area (Å²) in [5.74, 6) is 0. The first-order chi connectivity index (χ1) is 7.38. The molecule has 3 nitrogen and oxygen atoms in total. The van der Waals surface area contributed by atoms with Crippen LogP contribution in [0.4, 0.5) is 4.79 Å². The van der Waals surface area contributed by atoms with Crippen LogP contribution in [0.3, 0.4) is 0 Å². The molecular weight excluding hydrogens is 188 g/mol. The highest BCUT2D eigenvalue weighted by atomic mass is 16.2. The summed E-state index contributed by atoms with van der Waals surface area (Å²) in [6, 6.07) is 0.300. The summed E-state index contributed by atoms with van der Waals surface area (Å²) in [7, 11) is 0. The van der Waals surface area contributed by atoms with E-state index in [0.29, 0.717) is 6.03 Å². The molecule has 0 radical (unpaired) electrons. The van der Waals surface area contributed by atoms with Gasteiger partial charge in [0.05, 0.1) is 0 Å². The number of amides is 2. The molecule has 2 heterocycles. The van der Waals surface area contributed by atoms with Gasteiger partial charge in [-0.15, -0.1) is 0 Å². The fourth-order valence-corrected chi connectivity index (χ4v) is 2.55. The summed E-state index contributed by atoms with van der Waals surface area (Å²) in [5, 5.41) is 0. The van der Waals surface area contributed by atoms with Crippen molar-refractivity contribution in [2.75, 3.05) is 26.2 Å². The molecule has 0 spiro atoms. The minimum absolute atomic E-state index is 0.300. The molecule has 0 aromatic rings. The van der Waals surface area contributed by atoms with Crippen LogP contribution in [0.1, 0.15) is 44.9 Å². The molecule has 2 amide bonds. The lowest BCUT2D eigenvalue weighted by Gasteiger charge is -2.29. The van der Waals surface area contributed by atoms with Gasteiger partial charge >= 0.3 is 6.03 Å². The van der Waals surface area contributed by atoms with Crippen LogP contribution in [0.25, 0.3) is 0 Å². The highest BCUT2D eigenvalue weighted by molar-refractivity contribution is 5.74. The van der Waals surface area contributed by atoms with Gasteiger partial charge in [-0.2, -0.15) is 0 Å². The second-order valence-electron chi connectivity index (χ2n) is 4.73. The number of hydrogen-bond donors (Lipinski definition) is 0.